The maximum Gasteiger partial charge on any atom is 0.323 e. The monoisotopic (exact) mass is 388 g/mol. The maximum absolute atomic E-state index is 13.0. The van der Waals surface area contributed by atoms with Crippen LogP contribution in [0.25, 0.3) is 11.4 Å². The second-order valence-electron chi connectivity index (χ2n) is 6.34. The molecule has 4 rings (SSSR count). The van der Waals surface area contributed by atoms with Crippen molar-refractivity contribution < 1.29 is 13.7 Å². The second kappa shape index (κ2) is 8.35. The molecule has 0 aliphatic carbocycles. The molecule has 144 valence electrons. The Labute approximate surface area is 166 Å². The van der Waals surface area contributed by atoms with E-state index in [-0.39, 0.29) is 11.8 Å². The van der Waals surface area contributed by atoms with E-state index in [4.69, 9.17) is 4.52 Å². The number of benzene rings is 3. The Morgan fingerprint density at radius 2 is 1.62 bits per heavy atom. The minimum atomic E-state index is -0.349. The van der Waals surface area contributed by atoms with Crippen LogP contribution in [0.4, 0.5) is 20.6 Å². The first-order valence-electron chi connectivity index (χ1n) is 8.96. The summed E-state index contributed by atoms with van der Waals surface area (Å²) in [6, 6.07) is 22.1. The lowest BCUT2D eigenvalue weighted by atomic mass is 10.1. The van der Waals surface area contributed by atoms with Crippen molar-refractivity contribution in [1.29, 1.82) is 0 Å². The summed E-state index contributed by atoms with van der Waals surface area (Å²) < 4.78 is 18.3. The van der Waals surface area contributed by atoms with E-state index in [0.29, 0.717) is 35.1 Å². The molecule has 0 aliphatic heterocycles. The number of carbonyl (C=O) groups is 1. The number of nitrogens with zero attached hydrogens (tertiary/aromatic N) is 2. The zero-order valence-corrected chi connectivity index (χ0v) is 15.3. The van der Waals surface area contributed by atoms with Crippen molar-refractivity contribution in [3.63, 3.8) is 0 Å². The van der Waals surface area contributed by atoms with Gasteiger partial charge in [-0.15, -0.1) is 0 Å². The van der Waals surface area contributed by atoms with Gasteiger partial charge < -0.3 is 15.2 Å². The van der Waals surface area contributed by atoms with Crippen molar-refractivity contribution in [2.24, 2.45) is 0 Å². The number of aromatic nitrogens is 2. The first kappa shape index (κ1) is 18.4. The Hall–Kier alpha value is -4.00. The molecule has 0 radical (unpaired) electrons. The summed E-state index contributed by atoms with van der Waals surface area (Å²) in [5, 5.41) is 9.54. The Bertz CT molecular complexity index is 1110. The van der Waals surface area contributed by atoms with E-state index in [1.54, 1.807) is 42.5 Å². The fourth-order valence-corrected chi connectivity index (χ4v) is 2.77. The summed E-state index contributed by atoms with van der Waals surface area (Å²) in [5.74, 6) is 0.543. The molecule has 0 fully saturated rings. The first-order valence-corrected chi connectivity index (χ1v) is 8.96. The van der Waals surface area contributed by atoms with Crippen LogP contribution in [0, 0.1) is 5.82 Å². The van der Waals surface area contributed by atoms with Crippen molar-refractivity contribution in [3.05, 3.63) is 96.1 Å². The third kappa shape index (κ3) is 4.84. The number of urea groups is 1. The van der Waals surface area contributed by atoms with E-state index in [0.717, 1.165) is 5.56 Å². The lowest BCUT2D eigenvalue weighted by molar-refractivity contribution is 0.262. The predicted octanol–water partition coefficient (Wildman–Crippen LogP) is 5.11. The highest BCUT2D eigenvalue weighted by Crippen LogP contribution is 2.21. The first-order chi connectivity index (χ1) is 14.2. The fraction of sp³-hybridized carbons (Fsp3) is 0.0455. The van der Waals surface area contributed by atoms with Crippen LogP contribution in [0.3, 0.4) is 0 Å². The number of nitrogens with one attached hydrogen (secondary N) is 2. The normalized spacial score (nSPS) is 10.5. The molecule has 0 unspecified atom stereocenters. The molecule has 1 heterocycles. The van der Waals surface area contributed by atoms with Crippen molar-refractivity contribution in [1.82, 2.24) is 10.1 Å². The van der Waals surface area contributed by atoms with Crippen molar-refractivity contribution >= 4 is 17.4 Å². The highest BCUT2D eigenvalue weighted by atomic mass is 19.1. The molecule has 0 spiro atoms. The van der Waals surface area contributed by atoms with Crippen LogP contribution < -0.4 is 10.6 Å². The average Bonchev–Trinajstić information content (AvgIpc) is 3.19. The molecule has 1 aromatic heterocycles. The number of para-hydroxylation sites is 1. The number of hydrogen-bond donors (Lipinski definition) is 2. The Balaban J connectivity index is 1.44. The van der Waals surface area contributed by atoms with Crippen LogP contribution in [-0.4, -0.2) is 16.2 Å². The third-order valence-electron chi connectivity index (χ3n) is 4.15. The largest absolute Gasteiger partial charge is 0.339 e. The van der Waals surface area contributed by atoms with E-state index < -0.39 is 0 Å². The molecular formula is C22H17FN4O2. The zero-order valence-electron chi connectivity index (χ0n) is 15.3. The molecule has 6 nitrogen and oxygen atoms in total. The van der Waals surface area contributed by atoms with Gasteiger partial charge in [0.25, 0.3) is 0 Å². The predicted molar refractivity (Wildman–Crippen MR) is 108 cm³/mol. The Morgan fingerprint density at radius 1 is 0.897 bits per heavy atom. The highest BCUT2D eigenvalue weighted by Gasteiger charge is 2.11. The van der Waals surface area contributed by atoms with Crippen molar-refractivity contribution in [2.75, 3.05) is 10.6 Å². The summed E-state index contributed by atoms with van der Waals surface area (Å²) >= 11 is 0. The Morgan fingerprint density at radius 3 is 2.41 bits per heavy atom. The number of carbonyl (C=O) groups excluding carboxylic acids is 1. The number of amides is 2. The van der Waals surface area contributed by atoms with Crippen molar-refractivity contribution in [2.45, 2.75) is 6.42 Å². The molecule has 0 saturated heterocycles. The molecular weight excluding hydrogens is 371 g/mol. The lowest BCUT2D eigenvalue weighted by Gasteiger charge is -2.08. The molecule has 2 amide bonds. The number of anilines is 2. The molecule has 0 saturated carbocycles. The molecule has 2 N–H and O–H groups in total. The van der Waals surface area contributed by atoms with Crippen LogP contribution in [0.2, 0.25) is 0 Å². The Kier molecular flexibility index (Phi) is 5.29. The van der Waals surface area contributed by atoms with E-state index in [9.17, 15) is 9.18 Å². The van der Waals surface area contributed by atoms with Crippen LogP contribution >= 0.6 is 0 Å². The summed E-state index contributed by atoms with van der Waals surface area (Å²) in [7, 11) is 0. The van der Waals surface area contributed by atoms with Gasteiger partial charge in [-0.1, -0.05) is 47.6 Å². The zero-order chi connectivity index (χ0) is 20.1. The summed E-state index contributed by atoms with van der Waals surface area (Å²) in [6.45, 7) is 0. The van der Waals surface area contributed by atoms with Crippen molar-refractivity contribution in [3.8, 4) is 11.4 Å². The minimum absolute atomic E-state index is 0.291. The SMILES string of the molecule is O=C(Nc1ccccc1)Nc1cccc(-c2noc(Cc3ccc(F)cc3)n2)c1. The number of hydrogen-bond acceptors (Lipinski definition) is 4. The van der Waals surface area contributed by atoms with Gasteiger partial charge >= 0.3 is 6.03 Å². The van der Waals surface area contributed by atoms with Gasteiger partial charge in [-0.3, -0.25) is 0 Å². The number of rotatable bonds is 5. The van der Waals surface area contributed by atoms with Gasteiger partial charge in [0, 0.05) is 16.9 Å². The highest BCUT2D eigenvalue weighted by molar-refractivity contribution is 6.00. The van der Waals surface area contributed by atoms with Crippen LogP contribution in [-0.2, 0) is 6.42 Å². The van der Waals surface area contributed by atoms with Gasteiger partial charge in [0.1, 0.15) is 5.82 Å². The molecule has 0 bridgehead atoms. The minimum Gasteiger partial charge on any atom is -0.339 e. The molecule has 0 atom stereocenters. The molecule has 7 heteroatoms. The lowest BCUT2D eigenvalue weighted by Crippen LogP contribution is -2.19. The molecule has 4 aromatic rings. The van der Waals surface area contributed by atoms with E-state index in [2.05, 4.69) is 20.8 Å². The average molecular weight is 388 g/mol. The van der Waals surface area contributed by atoms with Crippen LogP contribution in [0.1, 0.15) is 11.5 Å². The van der Waals surface area contributed by atoms with Gasteiger partial charge in [-0.25, -0.2) is 9.18 Å². The van der Waals surface area contributed by atoms with Gasteiger partial charge in [-0.2, -0.15) is 4.98 Å². The quantitative estimate of drug-likeness (QED) is 0.498. The third-order valence-corrected chi connectivity index (χ3v) is 4.15. The topological polar surface area (TPSA) is 80.0 Å². The van der Waals surface area contributed by atoms with E-state index in [1.807, 2.05) is 24.3 Å². The van der Waals surface area contributed by atoms with E-state index in [1.165, 1.54) is 12.1 Å². The summed E-state index contributed by atoms with van der Waals surface area (Å²) in [6.07, 6.45) is 0.407. The second-order valence-corrected chi connectivity index (χ2v) is 6.34. The molecule has 0 aliphatic rings. The number of halogens is 1. The van der Waals surface area contributed by atoms with Crippen LogP contribution in [0.5, 0.6) is 0 Å². The standard InChI is InChI=1S/C22H17FN4O2/c23-17-11-9-15(10-12-17)13-20-26-21(27-29-20)16-5-4-8-19(14-16)25-22(28)24-18-6-2-1-3-7-18/h1-12,14H,13H2,(H2,24,25,28). The fourth-order valence-electron chi connectivity index (χ4n) is 2.77. The summed E-state index contributed by atoms with van der Waals surface area (Å²) in [5.41, 5.74) is 2.87. The van der Waals surface area contributed by atoms with Gasteiger partial charge in [0.05, 0.1) is 6.42 Å². The summed E-state index contributed by atoms with van der Waals surface area (Å²) in [4.78, 5) is 16.5. The van der Waals surface area contributed by atoms with Crippen LogP contribution in [0.15, 0.2) is 83.4 Å². The smallest absolute Gasteiger partial charge is 0.323 e. The van der Waals surface area contributed by atoms with E-state index >= 15 is 0 Å². The molecule has 29 heavy (non-hydrogen) atoms. The maximum atomic E-state index is 13.0. The van der Waals surface area contributed by atoms with Gasteiger partial charge in [0.2, 0.25) is 11.7 Å². The van der Waals surface area contributed by atoms with Gasteiger partial charge in [0.15, 0.2) is 0 Å². The molecule has 3 aromatic carbocycles. The van der Waals surface area contributed by atoms with Gasteiger partial charge in [-0.05, 0) is 42.0 Å².